The van der Waals surface area contributed by atoms with Gasteiger partial charge in [0.2, 0.25) is 0 Å². The Balaban J connectivity index is 2.56. The predicted octanol–water partition coefficient (Wildman–Crippen LogP) is 6.94. The summed E-state index contributed by atoms with van der Waals surface area (Å²) in [7, 11) is -9.60. The van der Waals surface area contributed by atoms with Crippen LogP contribution in [0.5, 0.6) is 0 Å². The largest absolute Gasteiger partial charge is 0.310 e. The van der Waals surface area contributed by atoms with Crippen molar-refractivity contribution in [3.63, 3.8) is 0 Å². The van der Waals surface area contributed by atoms with E-state index in [0.717, 1.165) is 34.4 Å². The van der Waals surface area contributed by atoms with E-state index in [0.29, 0.717) is 17.7 Å². The molecule has 0 heterocycles. The first-order valence-electron chi connectivity index (χ1n) is 6.20. The molecule has 2 aromatic rings. The monoisotopic (exact) mass is 322 g/mol. The smallest absolute Gasteiger partial charge is 0.0936 e. The molecule has 0 aliphatic heterocycles. The highest BCUT2D eigenvalue weighted by atomic mass is 32.5. The lowest BCUT2D eigenvalue weighted by atomic mass is 9.94. The summed E-state index contributed by atoms with van der Waals surface area (Å²) < 4.78 is 63.5. The van der Waals surface area contributed by atoms with Gasteiger partial charge in [0.15, 0.2) is 0 Å². The normalized spacial score (nSPS) is 15.4. The van der Waals surface area contributed by atoms with Gasteiger partial charge in [0.1, 0.15) is 4.90 Å². The highest BCUT2D eigenvalue weighted by molar-refractivity contribution is 8.45. The standard InChI is InChI=1S/C15H15F5S/c1-10-8-11(2)15(12(3)9-10)13-4-6-14(7-5-13)21(16,17,18,19)20/h4-9H,1-3H3. The van der Waals surface area contributed by atoms with Gasteiger partial charge in [-0.05, 0) is 55.2 Å². The number of hydrogen-bond acceptors (Lipinski definition) is 0. The van der Waals surface area contributed by atoms with E-state index < -0.39 is 15.1 Å². The number of hydrogen-bond donors (Lipinski definition) is 0. The summed E-state index contributed by atoms with van der Waals surface area (Å²) in [5.41, 5.74) is 4.10. The fraction of sp³-hybridized carbons (Fsp3) is 0.200. The molecular formula is C15H15F5S. The second-order valence-corrected chi connectivity index (χ2v) is 7.68. The van der Waals surface area contributed by atoms with Crippen LogP contribution in [0, 0.1) is 20.8 Å². The van der Waals surface area contributed by atoms with Gasteiger partial charge in [0.25, 0.3) is 0 Å². The highest BCUT2D eigenvalue weighted by Crippen LogP contribution is 3.02. The van der Waals surface area contributed by atoms with E-state index in [1.165, 1.54) is 0 Å². The van der Waals surface area contributed by atoms with Crippen LogP contribution in [-0.2, 0) is 0 Å². The maximum absolute atomic E-state index is 12.7. The number of halogens is 5. The van der Waals surface area contributed by atoms with E-state index in [4.69, 9.17) is 0 Å². The number of benzene rings is 2. The zero-order valence-electron chi connectivity index (χ0n) is 11.8. The van der Waals surface area contributed by atoms with Gasteiger partial charge in [-0.25, -0.2) is 0 Å². The van der Waals surface area contributed by atoms with Crippen LogP contribution in [0.3, 0.4) is 0 Å². The Morgan fingerprint density at radius 3 is 1.52 bits per heavy atom. The molecule has 0 bridgehead atoms. The molecule has 2 aromatic carbocycles. The van der Waals surface area contributed by atoms with Crippen LogP contribution in [0.4, 0.5) is 19.4 Å². The zero-order valence-corrected chi connectivity index (χ0v) is 12.6. The van der Waals surface area contributed by atoms with Crippen LogP contribution < -0.4 is 0 Å². The van der Waals surface area contributed by atoms with Gasteiger partial charge >= 0.3 is 10.2 Å². The Morgan fingerprint density at radius 2 is 1.14 bits per heavy atom. The lowest BCUT2D eigenvalue weighted by Crippen LogP contribution is -2.05. The molecule has 0 nitrogen and oxygen atoms in total. The summed E-state index contributed by atoms with van der Waals surface area (Å²) in [6.45, 7) is 5.60. The van der Waals surface area contributed by atoms with Crippen molar-refractivity contribution in [3.05, 3.63) is 53.1 Å². The second kappa shape index (κ2) is 4.00. The van der Waals surface area contributed by atoms with E-state index in [2.05, 4.69) is 0 Å². The molecule has 21 heavy (non-hydrogen) atoms. The molecule has 0 saturated carbocycles. The maximum atomic E-state index is 12.7. The first kappa shape index (κ1) is 15.8. The summed E-state index contributed by atoms with van der Waals surface area (Å²) in [6, 6.07) is 6.91. The minimum absolute atomic E-state index is 0.454. The Bertz CT molecular complexity index is 676. The molecule has 0 saturated heterocycles. The molecule has 0 spiro atoms. The fourth-order valence-electron chi connectivity index (χ4n) is 2.51. The van der Waals surface area contributed by atoms with Crippen LogP contribution >= 0.6 is 10.2 Å². The van der Waals surface area contributed by atoms with Gasteiger partial charge < -0.3 is 0 Å². The SMILES string of the molecule is Cc1cc(C)c(-c2ccc(S(F)(F)(F)(F)F)cc2)c(C)c1. The quantitative estimate of drug-likeness (QED) is 0.525. The molecule has 0 unspecified atom stereocenters. The van der Waals surface area contributed by atoms with Crippen LogP contribution in [0.2, 0.25) is 0 Å². The van der Waals surface area contributed by atoms with Crippen molar-refractivity contribution in [3.8, 4) is 11.1 Å². The lowest BCUT2D eigenvalue weighted by molar-refractivity contribution is 0.364. The third kappa shape index (κ3) is 3.37. The third-order valence-corrected chi connectivity index (χ3v) is 4.43. The van der Waals surface area contributed by atoms with Crippen LogP contribution in [0.1, 0.15) is 16.7 Å². The molecule has 2 rings (SSSR count). The van der Waals surface area contributed by atoms with E-state index in [1.54, 1.807) is 0 Å². The molecule has 6 heteroatoms. The van der Waals surface area contributed by atoms with Gasteiger partial charge in [-0.3, -0.25) is 0 Å². The molecule has 0 amide bonds. The molecule has 0 fully saturated rings. The summed E-state index contributed by atoms with van der Waals surface area (Å²) in [5, 5.41) is 0. The predicted molar refractivity (Wildman–Crippen MR) is 77.5 cm³/mol. The number of rotatable bonds is 2. The van der Waals surface area contributed by atoms with Gasteiger partial charge in [-0.2, -0.15) is 0 Å². The van der Waals surface area contributed by atoms with Crippen molar-refractivity contribution < 1.29 is 19.4 Å². The molecule has 0 aliphatic rings. The lowest BCUT2D eigenvalue weighted by Gasteiger charge is -2.40. The molecule has 0 atom stereocenters. The summed E-state index contributed by atoms with van der Waals surface area (Å²) in [4.78, 5) is -1.86. The molecule has 0 radical (unpaired) electrons. The third-order valence-electron chi connectivity index (χ3n) is 3.27. The topological polar surface area (TPSA) is 0 Å². The molecule has 116 valence electrons. The maximum Gasteiger partial charge on any atom is 0.310 e. The molecular weight excluding hydrogens is 307 g/mol. The molecule has 0 aliphatic carbocycles. The van der Waals surface area contributed by atoms with E-state index in [1.807, 2.05) is 32.9 Å². The summed E-state index contributed by atoms with van der Waals surface area (Å²) >= 11 is 0. The van der Waals surface area contributed by atoms with Crippen LogP contribution in [-0.4, -0.2) is 0 Å². The van der Waals surface area contributed by atoms with E-state index >= 15 is 0 Å². The van der Waals surface area contributed by atoms with Crippen molar-refractivity contribution in [1.82, 2.24) is 0 Å². The minimum Gasteiger partial charge on any atom is -0.0936 e. The first-order chi connectivity index (χ1) is 9.27. The van der Waals surface area contributed by atoms with Crippen LogP contribution in [0.25, 0.3) is 11.1 Å². The van der Waals surface area contributed by atoms with Crippen LogP contribution in [0.15, 0.2) is 41.3 Å². The number of aryl methyl sites for hydroxylation is 3. The Hall–Kier alpha value is -1.56. The second-order valence-electron chi connectivity index (χ2n) is 5.27. The Labute approximate surface area is 120 Å². The van der Waals surface area contributed by atoms with E-state index in [9.17, 15) is 19.4 Å². The average molecular weight is 322 g/mol. The molecule has 0 aromatic heterocycles. The Morgan fingerprint density at radius 1 is 0.714 bits per heavy atom. The van der Waals surface area contributed by atoms with Gasteiger partial charge in [0, 0.05) is 0 Å². The van der Waals surface area contributed by atoms with Gasteiger partial charge in [-0.1, -0.05) is 49.3 Å². The average Bonchev–Trinajstić information content (AvgIpc) is 2.25. The van der Waals surface area contributed by atoms with Crippen molar-refractivity contribution in [1.29, 1.82) is 0 Å². The minimum atomic E-state index is -9.60. The van der Waals surface area contributed by atoms with Crippen molar-refractivity contribution in [2.24, 2.45) is 0 Å². The fourth-order valence-corrected chi connectivity index (χ4v) is 3.16. The first-order valence-corrected chi connectivity index (χ1v) is 8.15. The zero-order chi connectivity index (χ0) is 16.1. The van der Waals surface area contributed by atoms with Crippen molar-refractivity contribution in [2.45, 2.75) is 25.7 Å². The van der Waals surface area contributed by atoms with Gasteiger partial charge in [-0.15, -0.1) is 0 Å². The van der Waals surface area contributed by atoms with Crippen molar-refractivity contribution in [2.75, 3.05) is 0 Å². The Kier molecular flexibility index (Phi) is 3.01. The highest BCUT2D eigenvalue weighted by Gasteiger charge is 2.65. The molecule has 0 N–H and O–H groups in total. The van der Waals surface area contributed by atoms with Crippen molar-refractivity contribution >= 4 is 10.2 Å². The van der Waals surface area contributed by atoms with E-state index in [-0.39, 0.29) is 0 Å². The van der Waals surface area contributed by atoms with Gasteiger partial charge in [0.05, 0.1) is 0 Å². The summed E-state index contributed by atoms with van der Waals surface area (Å²) in [5.74, 6) is 0. The summed E-state index contributed by atoms with van der Waals surface area (Å²) in [6.07, 6.45) is 0.